The van der Waals surface area contributed by atoms with Gasteiger partial charge in [0.1, 0.15) is 12.4 Å². The molecule has 210 valence electrons. The molecule has 0 radical (unpaired) electrons. The maximum atomic E-state index is 14.0. The fourth-order valence-corrected chi connectivity index (χ4v) is 6.09. The molecule has 0 amide bonds. The number of thiazole rings is 1. The molecule has 4 aromatic rings. The highest BCUT2D eigenvalue weighted by Crippen LogP contribution is 2.31. The first kappa shape index (κ1) is 29.1. The first-order valence-corrected chi connectivity index (χ1v) is 14.7. The summed E-state index contributed by atoms with van der Waals surface area (Å²) in [5, 5.41) is 1.39. The Morgan fingerprint density at radius 3 is 2.49 bits per heavy atom. The van der Waals surface area contributed by atoms with Crippen LogP contribution in [0, 0.1) is 6.92 Å². The highest BCUT2D eigenvalue weighted by molar-refractivity contribution is 7.07. The molecule has 41 heavy (non-hydrogen) atoms. The van der Waals surface area contributed by atoms with Gasteiger partial charge in [-0.25, -0.2) is 9.79 Å². The molecule has 3 aromatic carbocycles. The van der Waals surface area contributed by atoms with E-state index in [4.69, 9.17) is 44.3 Å². The number of allylic oxidation sites excluding steroid dienone is 1. The Labute approximate surface area is 255 Å². The van der Waals surface area contributed by atoms with Gasteiger partial charge in [-0.05, 0) is 68.3 Å². The molecule has 1 aromatic heterocycles. The summed E-state index contributed by atoms with van der Waals surface area (Å²) >= 11 is 19.8. The van der Waals surface area contributed by atoms with Crippen LogP contribution in [0.25, 0.3) is 6.08 Å². The largest absolute Gasteiger partial charge is 0.488 e. The number of nitrogens with zero attached hydrogens (tertiary/aromatic N) is 2. The number of fused-ring (bicyclic) bond motifs is 1. The Bertz CT molecular complexity index is 1860. The molecule has 0 fully saturated rings. The summed E-state index contributed by atoms with van der Waals surface area (Å²) in [6.07, 6.45) is 1.73. The van der Waals surface area contributed by atoms with Crippen LogP contribution in [-0.2, 0) is 16.1 Å². The highest BCUT2D eigenvalue weighted by Gasteiger charge is 2.33. The van der Waals surface area contributed by atoms with Gasteiger partial charge >= 0.3 is 5.97 Å². The Balaban J connectivity index is 1.60. The first-order valence-electron chi connectivity index (χ1n) is 12.8. The summed E-state index contributed by atoms with van der Waals surface area (Å²) in [5.74, 6) is 0.0335. The Morgan fingerprint density at radius 1 is 1.02 bits per heavy atom. The number of rotatable bonds is 7. The molecule has 0 saturated heterocycles. The zero-order chi connectivity index (χ0) is 29.3. The van der Waals surface area contributed by atoms with Gasteiger partial charge in [0.15, 0.2) is 4.80 Å². The van der Waals surface area contributed by atoms with E-state index >= 15 is 0 Å². The van der Waals surface area contributed by atoms with Gasteiger partial charge in [0.05, 0.1) is 38.5 Å². The van der Waals surface area contributed by atoms with Gasteiger partial charge in [-0.1, -0.05) is 82.0 Å². The Kier molecular flexibility index (Phi) is 8.71. The molecular weight excluding hydrogens is 603 g/mol. The van der Waals surface area contributed by atoms with Gasteiger partial charge in [0.2, 0.25) is 0 Å². The van der Waals surface area contributed by atoms with Crippen LogP contribution in [0.4, 0.5) is 0 Å². The molecule has 1 aliphatic rings. The highest BCUT2D eigenvalue weighted by atomic mass is 35.5. The van der Waals surface area contributed by atoms with Gasteiger partial charge in [0.25, 0.3) is 5.56 Å². The molecule has 5 rings (SSSR count). The summed E-state index contributed by atoms with van der Waals surface area (Å²) in [5.41, 5.74) is 3.86. The third-order valence-electron chi connectivity index (χ3n) is 6.55. The number of hydrogen-bond acceptors (Lipinski definition) is 6. The van der Waals surface area contributed by atoms with Crippen LogP contribution < -0.4 is 19.6 Å². The summed E-state index contributed by atoms with van der Waals surface area (Å²) in [7, 11) is 0. The van der Waals surface area contributed by atoms with Gasteiger partial charge in [-0.2, -0.15) is 0 Å². The van der Waals surface area contributed by atoms with Gasteiger partial charge in [-0.15, -0.1) is 0 Å². The molecule has 2 heterocycles. The minimum Gasteiger partial charge on any atom is -0.488 e. The van der Waals surface area contributed by atoms with E-state index in [1.807, 2.05) is 37.3 Å². The van der Waals surface area contributed by atoms with Crippen molar-refractivity contribution in [1.82, 2.24) is 4.57 Å². The second kappa shape index (κ2) is 12.2. The lowest BCUT2D eigenvalue weighted by molar-refractivity contribution is -0.139. The summed E-state index contributed by atoms with van der Waals surface area (Å²) < 4.78 is 13.4. The molecule has 0 unspecified atom stereocenters. The van der Waals surface area contributed by atoms with Crippen LogP contribution in [0.15, 0.2) is 81.7 Å². The van der Waals surface area contributed by atoms with Crippen LogP contribution in [-0.4, -0.2) is 17.1 Å². The Morgan fingerprint density at radius 2 is 1.78 bits per heavy atom. The zero-order valence-electron chi connectivity index (χ0n) is 22.4. The van der Waals surface area contributed by atoms with Crippen LogP contribution in [0.5, 0.6) is 5.75 Å². The van der Waals surface area contributed by atoms with Crippen LogP contribution >= 0.6 is 46.1 Å². The zero-order valence-corrected chi connectivity index (χ0v) is 25.5. The van der Waals surface area contributed by atoms with Crippen molar-refractivity contribution in [2.45, 2.75) is 33.4 Å². The lowest BCUT2D eigenvalue weighted by atomic mass is 9.95. The number of carbonyl (C=O) groups excluding carboxylic acids is 1. The minimum atomic E-state index is -0.683. The lowest BCUT2D eigenvalue weighted by Gasteiger charge is -2.24. The van der Waals surface area contributed by atoms with Gasteiger partial charge in [0, 0.05) is 10.6 Å². The number of halogens is 3. The van der Waals surface area contributed by atoms with Crippen LogP contribution in [0.2, 0.25) is 15.1 Å². The molecular formula is C31H25Cl3N2O4S. The van der Waals surface area contributed by atoms with E-state index in [1.54, 1.807) is 54.8 Å². The third kappa shape index (κ3) is 6.14. The number of aryl methyl sites for hydroxylation is 1. The van der Waals surface area contributed by atoms with Crippen molar-refractivity contribution in [3.05, 3.63) is 129 Å². The van der Waals surface area contributed by atoms with Crippen LogP contribution in [0.3, 0.4) is 0 Å². The van der Waals surface area contributed by atoms with E-state index in [2.05, 4.69) is 4.99 Å². The lowest BCUT2D eigenvalue weighted by Crippen LogP contribution is -2.39. The molecule has 6 nitrogen and oxygen atoms in total. The fraction of sp³-hybridized carbons (Fsp3) is 0.194. The van der Waals surface area contributed by atoms with E-state index in [0.717, 1.165) is 16.7 Å². The van der Waals surface area contributed by atoms with E-state index in [0.29, 0.717) is 47.0 Å². The van der Waals surface area contributed by atoms with Crippen molar-refractivity contribution in [2.75, 3.05) is 6.61 Å². The van der Waals surface area contributed by atoms with Crippen molar-refractivity contribution in [2.24, 2.45) is 4.99 Å². The van der Waals surface area contributed by atoms with E-state index in [1.165, 1.54) is 11.3 Å². The molecule has 0 aliphatic carbocycles. The normalized spacial score (nSPS) is 15.0. The number of carbonyl (C=O) groups is 1. The van der Waals surface area contributed by atoms with E-state index in [-0.39, 0.29) is 18.8 Å². The van der Waals surface area contributed by atoms with Crippen molar-refractivity contribution in [3.8, 4) is 5.75 Å². The average molecular weight is 628 g/mol. The predicted octanol–water partition coefficient (Wildman–Crippen LogP) is 6.65. The second-order valence-electron chi connectivity index (χ2n) is 9.43. The SMILES string of the molecule is CCOC(=O)C1=C(C)N=c2s/c(=C\c3cc(Cl)ccc3OCc3ccc(Cl)c(Cl)c3)c(=O)n2[C@H]1c1ccc(C)cc1. The summed E-state index contributed by atoms with van der Waals surface area (Å²) in [6.45, 7) is 5.93. The maximum Gasteiger partial charge on any atom is 0.338 e. The molecule has 0 spiro atoms. The molecule has 0 N–H and O–H groups in total. The number of benzene rings is 3. The minimum absolute atomic E-state index is 0.209. The van der Waals surface area contributed by atoms with E-state index in [9.17, 15) is 9.59 Å². The number of ether oxygens (including phenoxy) is 2. The van der Waals surface area contributed by atoms with Crippen molar-refractivity contribution >= 4 is 58.2 Å². The van der Waals surface area contributed by atoms with Crippen molar-refractivity contribution in [3.63, 3.8) is 0 Å². The Hall–Kier alpha value is -3.36. The number of aromatic nitrogens is 1. The maximum absolute atomic E-state index is 14.0. The summed E-state index contributed by atoms with van der Waals surface area (Å²) in [4.78, 5) is 32.2. The molecule has 0 saturated carbocycles. The summed E-state index contributed by atoms with van der Waals surface area (Å²) in [6, 6.07) is 17.5. The fourth-order valence-electron chi connectivity index (χ4n) is 4.55. The monoisotopic (exact) mass is 626 g/mol. The second-order valence-corrected chi connectivity index (χ2v) is 11.7. The van der Waals surface area contributed by atoms with E-state index < -0.39 is 12.0 Å². The molecule has 10 heteroatoms. The first-order chi connectivity index (χ1) is 19.7. The number of hydrogen-bond donors (Lipinski definition) is 0. The molecule has 0 bridgehead atoms. The van der Waals surface area contributed by atoms with Gasteiger partial charge in [-0.3, -0.25) is 9.36 Å². The average Bonchev–Trinajstić information content (AvgIpc) is 3.24. The molecule has 1 atom stereocenters. The van der Waals surface area contributed by atoms with Crippen molar-refractivity contribution < 1.29 is 14.3 Å². The standard InChI is InChI=1S/C31H25Cl3N2O4S/c1-4-39-30(38)27-18(3)35-31-36(28(27)20-8-5-17(2)6-9-20)29(37)26(41-31)15-21-14-22(32)10-12-25(21)40-16-19-7-11-23(33)24(34)13-19/h5-15,28H,4,16H2,1-3H3/b26-15-/t28-/m0/s1. The number of esters is 1. The van der Waals surface area contributed by atoms with Crippen molar-refractivity contribution in [1.29, 1.82) is 0 Å². The predicted molar refractivity (Wildman–Crippen MR) is 164 cm³/mol. The topological polar surface area (TPSA) is 69.9 Å². The smallest absolute Gasteiger partial charge is 0.338 e. The quantitative estimate of drug-likeness (QED) is 0.215. The third-order valence-corrected chi connectivity index (χ3v) is 8.50. The molecule has 1 aliphatic heterocycles. The van der Waals surface area contributed by atoms with Gasteiger partial charge < -0.3 is 9.47 Å². The van der Waals surface area contributed by atoms with Crippen LogP contribution in [0.1, 0.15) is 42.1 Å².